The van der Waals surface area contributed by atoms with Crippen molar-refractivity contribution in [2.24, 2.45) is 0 Å². The molecule has 1 heteroatoms. The van der Waals surface area contributed by atoms with Gasteiger partial charge in [0.25, 0.3) is 0 Å². The van der Waals surface area contributed by atoms with Gasteiger partial charge in [-0.05, 0) is 19.9 Å². The maximum atomic E-state index is 5.06. The van der Waals surface area contributed by atoms with Crippen LogP contribution in [0.25, 0.3) is 0 Å². The lowest BCUT2D eigenvalue weighted by atomic mass is 10.2. The quantitative estimate of drug-likeness (QED) is 0.430. The molecule has 0 heterocycles. The largest absolute Gasteiger partial charge is 0.496 e. The molecule has 0 bridgehead atoms. The maximum absolute atomic E-state index is 5.06. The summed E-state index contributed by atoms with van der Waals surface area (Å²) >= 11 is 0. The Kier molecular flexibility index (Phi) is 4.38. The Morgan fingerprint density at radius 3 is 2.00 bits per heavy atom. The van der Waals surface area contributed by atoms with Crippen molar-refractivity contribution >= 4 is 0 Å². The van der Waals surface area contributed by atoms with Gasteiger partial charge in [-0.2, -0.15) is 0 Å². The number of allylic oxidation sites excluding steroid dienone is 3. The molecule has 0 N–H and O–H groups in total. The van der Waals surface area contributed by atoms with Gasteiger partial charge in [-0.25, -0.2) is 0 Å². The molecule has 0 unspecified atom stereocenters. The van der Waals surface area contributed by atoms with E-state index in [4.69, 9.17) is 4.74 Å². The van der Waals surface area contributed by atoms with Crippen LogP contribution in [0.4, 0.5) is 0 Å². The lowest BCUT2D eigenvalue weighted by Gasteiger charge is -2.04. The van der Waals surface area contributed by atoms with E-state index >= 15 is 0 Å². The predicted octanol–water partition coefficient (Wildman–Crippen LogP) is 2.67. The van der Waals surface area contributed by atoms with Crippen LogP contribution in [0.15, 0.2) is 36.1 Å². The molecule has 0 aliphatic carbocycles. The lowest BCUT2D eigenvalue weighted by molar-refractivity contribution is 0.302. The molecule has 56 valence electrons. The number of hydrogen-bond donors (Lipinski definition) is 0. The SMILES string of the molecule is C=CC(=C/C)/C(=C\C)OC. The second-order valence-corrected chi connectivity index (χ2v) is 1.81. The zero-order chi connectivity index (χ0) is 7.98. The molecule has 0 aliphatic heterocycles. The predicted molar refractivity (Wildman–Crippen MR) is 44.7 cm³/mol. The van der Waals surface area contributed by atoms with Crippen molar-refractivity contribution in [2.75, 3.05) is 7.11 Å². The Bertz CT molecular complexity index is 164. The van der Waals surface area contributed by atoms with Crippen LogP contribution < -0.4 is 0 Å². The topological polar surface area (TPSA) is 9.23 Å². The first-order valence-electron chi connectivity index (χ1n) is 3.29. The van der Waals surface area contributed by atoms with Crippen molar-refractivity contribution in [1.29, 1.82) is 0 Å². The first-order chi connectivity index (χ1) is 4.79. The first-order valence-corrected chi connectivity index (χ1v) is 3.29. The first kappa shape index (κ1) is 9.02. The highest BCUT2D eigenvalue weighted by Crippen LogP contribution is 2.10. The van der Waals surface area contributed by atoms with Crippen molar-refractivity contribution < 1.29 is 4.74 Å². The summed E-state index contributed by atoms with van der Waals surface area (Å²) in [4.78, 5) is 0. The Morgan fingerprint density at radius 1 is 1.30 bits per heavy atom. The summed E-state index contributed by atoms with van der Waals surface area (Å²) < 4.78 is 5.06. The monoisotopic (exact) mass is 138 g/mol. The van der Waals surface area contributed by atoms with Crippen LogP contribution in [0.5, 0.6) is 0 Å². The average molecular weight is 138 g/mol. The normalized spacial score (nSPS) is 13.1. The van der Waals surface area contributed by atoms with E-state index in [2.05, 4.69) is 6.58 Å². The van der Waals surface area contributed by atoms with Gasteiger partial charge in [0, 0.05) is 5.57 Å². The second kappa shape index (κ2) is 4.86. The summed E-state index contributed by atoms with van der Waals surface area (Å²) in [7, 11) is 1.66. The van der Waals surface area contributed by atoms with Crippen LogP contribution in [-0.4, -0.2) is 7.11 Å². The van der Waals surface area contributed by atoms with E-state index in [0.717, 1.165) is 11.3 Å². The lowest BCUT2D eigenvalue weighted by Crippen LogP contribution is -1.87. The molecule has 0 fully saturated rings. The Morgan fingerprint density at radius 2 is 1.90 bits per heavy atom. The molecule has 0 aromatic heterocycles. The van der Waals surface area contributed by atoms with Gasteiger partial charge in [-0.1, -0.05) is 18.7 Å². The summed E-state index contributed by atoms with van der Waals surface area (Å²) in [6.07, 6.45) is 5.65. The van der Waals surface area contributed by atoms with Gasteiger partial charge in [0.15, 0.2) is 0 Å². The van der Waals surface area contributed by atoms with Crippen LogP contribution in [0.2, 0.25) is 0 Å². The van der Waals surface area contributed by atoms with Gasteiger partial charge < -0.3 is 4.74 Å². The third-order valence-electron chi connectivity index (χ3n) is 1.30. The molecular formula is C9H14O. The van der Waals surface area contributed by atoms with Gasteiger partial charge in [0.1, 0.15) is 5.76 Å². The van der Waals surface area contributed by atoms with Gasteiger partial charge in [0.05, 0.1) is 7.11 Å². The molecule has 0 saturated carbocycles. The fourth-order valence-electron chi connectivity index (χ4n) is 0.763. The molecule has 0 amide bonds. The molecule has 10 heavy (non-hydrogen) atoms. The van der Waals surface area contributed by atoms with Crippen LogP contribution in [0.3, 0.4) is 0 Å². The van der Waals surface area contributed by atoms with E-state index in [1.165, 1.54) is 0 Å². The van der Waals surface area contributed by atoms with Crippen molar-refractivity contribution in [3.8, 4) is 0 Å². The molecule has 0 aromatic rings. The van der Waals surface area contributed by atoms with E-state index in [1.54, 1.807) is 13.2 Å². The second-order valence-electron chi connectivity index (χ2n) is 1.81. The molecular weight excluding hydrogens is 124 g/mol. The number of hydrogen-bond acceptors (Lipinski definition) is 1. The van der Waals surface area contributed by atoms with E-state index in [1.807, 2.05) is 26.0 Å². The van der Waals surface area contributed by atoms with E-state index < -0.39 is 0 Å². The zero-order valence-electron chi connectivity index (χ0n) is 6.85. The molecule has 0 spiro atoms. The maximum Gasteiger partial charge on any atom is 0.121 e. The highest BCUT2D eigenvalue weighted by Gasteiger charge is 1.95. The standard InChI is InChI=1S/C9H14O/c1-5-8(6-2)9(7-3)10-4/h5-7H,1H2,2-4H3/b8-6-,9-7+. The van der Waals surface area contributed by atoms with Gasteiger partial charge in [-0.15, -0.1) is 0 Å². The summed E-state index contributed by atoms with van der Waals surface area (Å²) in [5, 5.41) is 0. The van der Waals surface area contributed by atoms with Crippen molar-refractivity contribution in [3.05, 3.63) is 36.1 Å². The number of ether oxygens (including phenoxy) is 1. The molecule has 0 atom stereocenters. The van der Waals surface area contributed by atoms with Crippen LogP contribution >= 0.6 is 0 Å². The summed E-state index contributed by atoms with van der Waals surface area (Å²) in [6.45, 7) is 7.55. The molecule has 0 radical (unpaired) electrons. The van der Waals surface area contributed by atoms with Crippen LogP contribution in [0, 0.1) is 0 Å². The van der Waals surface area contributed by atoms with Crippen molar-refractivity contribution in [3.63, 3.8) is 0 Å². The fraction of sp³-hybridized carbons (Fsp3) is 0.333. The molecule has 0 rings (SSSR count). The van der Waals surface area contributed by atoms with Gasteiger partial charge >= 0.3 is 0 Å². The summed E-state index contributed by atoms with van der Waals surface area (Å²) in [6, 6.07) is 0. The Labute approximate surface area is 62.7 Å². The minimum atomic E-state index is 0.873. The summed E-state index contributed by atoms with van der Waals surface area (Å²) in [5.74, 6) is 0.873. The van der Waals surface area contributed by atoms with Crippen molar-refractivity contribution in [1.82, 2.24) is 0 Å². The summed E-state index contributed by atoms with van der Waals surface area (Å²) in [5.41, 5.74) is 1.03. The highest BCUT2D eigenvalue weighted by molar-refractivity contribution is 5.33. The fourth-order valence-corrected chi connectivity index (χ4v) is 0.763. The van der Waals surface area contributed by atoms with E-state index in [9.17, 15) is 0 Å². The van der Waals surface area contributed by atoms with E-state index in [0.29, 0.717) is 0 Å². The third kappa shape index (κ3) is 2.09. The Balaban J connectivity index is 4.42. The van der Waals surface area contributed by atoms with Crippen LogP contribution in [0.1, 0.15) is 13.8 Å². The molecule has 0 aromatic carbocycles. The molecule has 1 nitrogen and oxygen atoms in total. The van der Waals surface area contributed by atoms with Gasteiger partial charge in [0.2, 0.25) is 0 Å². The smallest absolute Gasteiger partial charge is 0.121 e. The van der Waals surface area contributed by atoms with Crippen molar-refractivity contribution in [2.45, 2.75) is 13.8 Å². The number of rotatable bonds is 3. The van der Waals surface area contributed by atoms with E-state index in [-0.39, 0.29) is 0 Å². The Hall–Kier alpha value is -0.980. The zero-order valence-corrected chi connectivity index (χ0v) is 6.85. The number of methoxy groups -OCH3 is 1. The van der Waals surface area contributed by atoms with Crippen LogP contribution in [-0.2, 0) is 4.74 Å². The minimum absolute atomic E-state index is 0.873. The third-order valence-corrected chi connectivity index (χ3v) is 1.30. The average Bonchev–Trinajstić information content (AvgIpc) is 2.00. The minimum Gasteiger partial charge on any atom is -0.496 e. The molecule has 0 aliphatic rings. The highest BCUT2D eigenvalue weighted by atomic mass is 16.5. The molecule has 0 saturated heterocycles. The van der Waals surface area contributed by atoms with Gasteiger partial charge in [-0.3, -0.25) is 0 Å².